The maximum absolute atomic E-state index is 5.79. The molecule has 0 aromatic heterocycles. The van der Waals surface area contributed by atoms with Crippen LogP contribution < -0.4 is 20.7 Å². The van der Waals surface area contributed by atoms with Crippen molar-refractivity contribution in [3.05, 3.63) is 78.9 Å². The monoisotopic (exact) mass is 319 g/mol. The molecule has 1 aliphatic heterocycles. The second kappa shape index (κ2) is 5.83. The van der Waals surface area contributed by atoms with Gasteiger partial charge in [0, 0.05) is 0 Å². The molecule has 23 heavy (non-hydrogen) atoms. The van der Waals surface area contributed by atoms with Gasteiger partial charge in [-0.3, -0.25) is 0 Å². The van der Waals surface area contributed by atoms with Gasteiger partial charge in [-0.1, -0.05) is 49.4 Å². The maximum atomic E-state index is 5.79. The average molecular weight is 319 g/mol. The van der Waals surface area contributed by atoms with Crippen molar-refractivity contribution in [1.82, 2.24) is 0 Å². The normalized spacial score (nSPS) is 12.4. The van der Waals surface area contributed by atoms with Crippen molar-refractivity contribution < 1.29 is 4.74 Å². The molecule has 0 saturated carbocycles. The molecule has 114 valence electrons. The Bertz CT molecular complexity index is 772. The van der Waals surface area contributed by atoms with E-state index < -0.39 is 7.26 Å². The van der Waals surface area contributed by atoms with Gasteiger partial charge in [0.2, 0.25) is 5.75 Å². The highest BCUT2D eigenvalue weighted by atomic mass is 31.2. The second-order valence-corrected chi connectivity index (χ2v) is 9.49. The first-order valence-corrected chi connectivity index (χ1v) is 10.1. The molecule has 2 heteroatoms. The van der Waals surface area contributed by atoms with E-state index in [1.165, 1.54) is 22.1 Å². The van der Waals surface area contributed by atoms with E-state index in [-0.39, 0.29) is 0 Å². The minimum absolute atomic E-state index is 1.05. The van der Waals surface area contributed by atoms with Crippen LogP contribution in [0.15, 0.2) is 78.9 Å². The van der Waals surface area contributed by atoms with Crippen molar-refractivity contribution in [2.75, 3.05) is 6.16 Å². The summed E-state index contributed by atoms with van der Waals surface area (Å²) in [5.74, 6) is 2.16. The van der Waals surface area contributed by atoms with E-state index in [0.29, 0.717) is 0 Å². The molecule has 1 heterocycles. The molecular weight excluding hydrogens is 299 g/mol. The fourth-order valence-corrected chi connectivity index (χ4v) is 7.97. The van der Waals surface area contributed by atoms with E-state index in [4.69, 9.17) is 4.74 Å². The van der Waals surface area contributed by atoms with Crippen LogP contribution in [0.2, 0.25) is 0 Å². The Kier molecular flexibility index (Phi) is 3.67. The zero-order chi connectivity index (χ0) is 15.7. The number of para-hydroxylation sites is 1. The van der Waals surface area contributed by atoms with E-state index in [9.17, 15) is 0 Å². The van der Waals surface area contributed by atoms with E-state index in [1.54, 1.807) is 0 Å². The summed E-state index contributed by atoms with van der Waals surface area (Å²) in [7, 11) is -1.66. The third-order valence-electron chi connectivity index (χ3n) is 4.49. The summed E-state index contributed by atoms with van der Waals surface area (Å²) in [5.41, 5.74) is 0. The summed E-state index contributed by atoms with van der Waals surface area (Å²) in [6, 6.07) is 28.5. The zero-order valence-electron chi connectivity index (χ0n) is 13.3. The molecule has 0 unspecified atom stereocenters. The lowest BCUT2D eigenvalue weighted by Crippen LogP contribution is -2.32. The van der Waals surface area contributed by atoms with E-state index in [1.807, 2.05) is 0 Å². The smallest absolute Gasteiger partial charge is 0.212 e. The molecule has 4 rings (SSSR count). The minimum atomic E-state index is -1.66. The SMILES string of the molecule is CCC[P+](c1ccccc1)(c1ccccc1)c1cccc2c1O2. The van der Waals surface area contributed by atoms with Gasteiger partial charge < -0.3 is 4.74 Å². The van der Waals surface area contributed by atoms with Gasteiger partial charge in [0.15, 0.2) is 11.1 Å². The summed E-state index contributed by atoms with van der Waals surface area (Å²) >= 11 is 0. The van der Waals surface area contributed by atoms with E-state index >= 15 is 0 Å². The van der Waals surface area contributed by atoms with Gasteiger partial charge in [0.05, 0.1) is 6.16 Å². The first-order valence-electron chi connectivity index (χ1n) is 8.17. The minimum Gasteiger partial charge on any atom is -0.445 e. The van der Waals surface area contributed by atoms with Crippen molar-refractivity contribution in [3.63, 3.8) is 0 Å². The number of rotatable bonds is 5. The van der Waals surface area contributed by atoms with Crippen molar-refractivity contribution in [2.24, 2.45) is 0 Å². The Balaban J connectivity index is 2.02. The van der Waals surface area contributed by atoms with Gasteiger partial charge in [0.1, 0.15) is 17.9 Å². The van der Waals surface area contributed by atoms with Gasteiger partial charge >= 0.3 is 0 Å². The molecule has 0 spiro atoms. The molecule has 0 radical (unpaired) electrons. The molecule has 3 aromatic carbocycles. The Morgan fingerprint density at radius 2 is 1.35 bits per heavy atom. The lowest BCUT2D eigenvalue weighted by molar-refractivity contribution is 0.652. The first-order chi connectivity index (χ1) is 11.4. The molecular formula is C21H20OP+. The van der Waals surface area contributed by atoms with Crippen molar-refractivity contribution in [3.8, 4) is 11.5 Å². The summed E-state index contributed by atoms with van der Waals surface area (Å²) in [6.07, 6.45) is 2.32. The Morgan fingerprint density at radius 3 is 1.91 bits per heavy atom. The van der Waals surface area contributed by atoms with Crippen molar-refractivity contribution in [2.45, 2.75) is 13.3 Å². The molecule has 0 saturated heterocycles. The largest absolute Gasteiger partial charge is 0.445 e. The molecule has 0 N–H and O–H groups in total. The summed E-state index contributed by atoms with van der Waals surface area (Å²) in [5, 5.41) is 4.28. The Hall–Kier alpha value is -2.11. The molecule has 0 bridgehead atoms. The molecule has 0 aliphatic carbocycles. The van der Waals surface area contributed by atoms with Crippen LogP contribution in [0.4, 0.5) is 0 Å². The Morgan fingerprint density at radius 1 is 0.739 bits per heavy atom. The van der Waals surface area contributed by atoms with Crippen LogP contribution in [-0.4, -0.2) is 6.16 Å². The highest BCUT2D eigenvalue weighted by Crippen LogP contribution is 2.61. The quantitative estimate of drug-likeness (QED) is 0.390. The van der Waals surface area contributed by atoms with Crippen molar-refractivity contribution in [1.29, 1.82) is 0 Å². The predicted molar refractivity (Wildman–Crippen MR) is 100 cm³/mol. The lowest BCUT2D eigenvalue weighted by Gasteiger charge is -2.26. The maximum Gasteiger partial charge on any atom is 0.212 e. The van der Waals surface area contributed by atoms with Crippen LogP contribution >= 0.6 is 7.26 Å². The predicted octanol–water partition coefficient (Wildman–Crippen LogP) is 4.50. The lowest BCUT2D eigenvalue weighted by atomic mass is 10.4. The third-order valence-corrected chi connectivity index (χ3v) is 9.14. The fourth-order valence-electron chi connectivity index (χ4n) is 3.48. The number of hydrogen-bond acceptors (Lipinski definition) is 1. The van der Waals surface area contributed by atoms with E-state index in [0.717, 1.165) is 17.9 Å². The number of ether oxygens (including phenoxy) is 1. The fraction of sp³-hybridized carbons (Fsp3) is 0.143. The molecule has 1 aliphatic rings. The third kappa shape index (κ3) is 2.36. The summed E-state index contributed by atoms with van der Waals surface area (Å²) in [4.78, 5) is 0. The highest BCUT2D eigenvalue weighted by molar-refractivity contribution is 7.95. The summed E-state index contributed by atoms with van der Waals surface area (Å²) in [6.45, 7) is 2.28. The standard InChI is InChI=1S/C21H20OP/c1-2-16-23(17-10-5-3-6-11-17,18-12-7-4-8-13-18)20-15-9-14-19-21(20)22-19/h3-15H,2,16H2,1H3/q+1. The van der Waals surface area contributed by atoms with Crippen LogP contribution in [0.1, 0.15) is 13.3 Å². The number of benzene rings is 3. The van der Waals surface area contributed by atoms with Crippen molar-refractivity contribution >= 4 is 23.2 Å². The van der Waals surface area contributed by atoms with Gasteiger partial charge in [-0.2, -0.15) is 0 Å². The second-order valence-electron chi connectivity index (χ2n) is 5.91. The summed E-state index contributed by atoms with van der Waals surface area (Å²) < 4.78 is 5.79. The first kappa shape index (κ1) is 14.5. The molecule has 3 aromatic rings. The van der Waals surface area contributed by atoms with Gasteiger partial charge in [-0.15, -0.1) is 0 Å². The zero-order valence-corrected chi connectivity index (χ0v) is 14.2. The van der Waals surface area contributed by atoms with E-state index in [2.05, 4.69) is 85.8 Å². The highest BCUT2D eigenvalue weighted by Gasteiger charge is 2.49. The van der Waals surface area contributed by atoms with Gasteiger partial charge in [-0.05, 0) is 42.8 Å². The van der Waals surface area contributed by atoms with Crippen LogP contribution in [-0.2, 0) is 0 Å². The number of hydrogen-bond donors (Lipinski definition) is 0. The topological polar surface area (TPSA) is 12.5 Å². The number of fused-ring (bicyclic) bond motifs is 1. The molecule has 0 fully saturated rings. The molecule has 0 amide bonds. The van der Waals surface area contributed by atoms with Crippen LogP contribution in [0.25, 0.3) is 0 Å². The van der Waals surface area contributed by atoms with Gasteiger partial charge in [0.25, 0.3) is 0 Å². The van der Waals surface area contributed by atoms with Gasteiger partial charge in [-0.25, -0.2) is 0 Å². The van der Waals surface area contributed by atoms with Crippen LogP contribution in [0, 0.1) is 0 Å². The van der Waals surface area contributed by atoms with Crippen LogP contribution in [0.5, 0.6) is 11.5 Å². The van der Waals surface area contributed by atoms with Crippen LogP contribution in [0.3, 0.4) is 0 Å². The average Bonchev–Trinajstić information content (AvgIpc) is 3.41. The molecule has 0 atom stereocenters. The molecule has 1 nitrogen and oxygen atoms in total. The Labute approximate surface area is 138 Å².